The predicted molar refractivity (Wildman–Crippen MR) is 85.1 cm³/mol. The van der Waals surface area contributed by atoms with Gasteiger partial charge in [-0.3, -0.25) is 5.41 Å². The third kappa shape index (κ3) is 2.93. The summed E-state index contributed by atoms with van der Waals surface area (Å²) in [4.78, 5) is 0. The zero-order valence-electron chi connectivity index (χ0n) is 11.3. The summed E-state index contributed by atoms with van der Waals surface area (Å²) in [7, 11) is 0. The van der Waals surface area contributed by atoms with Gasteiger partial charge in [-0.05, 0) is 36.8 Å². The summed E-state index contributed by atoms with van der Waals surface area (Å²) in [6.07, 6.45) is 1.92. The summed E-state index contributed by atoms with van der Waals surface area (Å²) in [6.45, 7) is 1.89. The van der Waals surface area contributed by atoms with E-state index in [-0.39, 0.29) is 11.5 Å². The molecule has 3 nitrogen and oxygen atoms in total. The zero-order chi connectivity index (χ0) is 14.7. The summed E-state index contributed by atoms with van der Waals surface area (Å²) in [5, 5.41) is 8.25. The Bertz CT molecular complexity index is 656. The molecule has 0 radical (unpaired) electrons. The highest BCUT2D eigenvalue weighted by atomic mass is 32.2. The van der Waals surface area contributed by atoms with Gasteiger partial charge >= 0.3 is 0 Å². The minimum absolute atomic E-state index is 0.217. The smallest absolute Gasteiger partial charge is 0.123 e. The summed E-state index contributed by atoms with van der Waals surface area (Å²) in [5.74, 6) is -0.360. The SMILES string of the molecule is CSNc1cc(C)c(N)c(C(=N)c2cccc(F)c2)c1. The molecule has 0 unspecified atom stereocenters. The van der Waals surface area contributed by atoms with Gasteiger partial charge in [0.25, 0.3) is 0 Å². The molecule has 0 aliphatic rings. The fourth-order valence-electron chi connectivity index (χ4n) is 1.98. The van der Waals surface area contributed by atoms with Crippen molar-refractivity contribution in [3.8, 4) is 0 Å². The Hall–Kier alpha value is -2.01. The lowest BCUT2D eigenvalue weighted by Crippen LogP contribution is -2.08. The Morgan fingerprint density at radius 2 is 2.05 bits per heavy atom. The molecule has 2 aromatic carbocycles. The number of nitrogens with two attached hydrogens (primary N) is 1. The largest absolute Gasteiger partial charge is 0.398 e. The molecule has 0 saturated carbocycles. The molecule has 0 bridgehead atoms. The van der Waals surface area contributed by atoms with Crippen LogP contribution >= 0.6 is 11.9 Å². The zero-order valence-corrected chi connectivity index (χ0v) is 12.1. The van der Waals surface area contributed by atoms with Crippen LogP contribution < -0.4 is 10.5 Å². The maximum atomic E-state index is 13.3. The quantitative estimate of drug-likeness (QED) is 0.455. The number of halogens is 1. The van der Waals surface area contributed by atoms with E-state index in [1.54, 1.807) is 12.1 Å². The molecular formula is C15H16FN3S. The van der Waals surface area contributed by atoms with E-state index in [1.165, 1.54) is 24.1 Å². The Labute approximate surface area is 122 Å². The van der Waals surface area contributed by atoms with E-state index < -0.39 is 0 Å². The van der Waals surface area contributed by atoms with Crippen LogP contribution in [0.2, 0.25) is 0 Å². The third-order valence-electron chi connectivity index (χ3n) is 2.99. The average molecular weight is 289 g/mol. The number of anilines is 2. The van der Waals surface area contributed by atoms with Crippen LogP contribution in [-0.2, 0) is 0 Å². The van der Waals surface area contributed by atoms with Crippen molar-refractivity contribution in [3.05, 3.63) is 58.9 Å². The van der Waals surface area contributed by atoms with E-state index in [1.807, 2.05) is 25.3 Å². The Kier molecular flexibility index (Phi) is 4.29. The molecule has 0 spiro atoms. The lowest BCUT2D eigenvalue weighted by Gasteiger charge is -2.13. The molecule has 2 aromatic rings. The van der Waals surface area contributed by atoms with Crippen LogP contribution in [0.3, 0.4) is 0 Å². The molecule has 20 heavy (non-hydrogen) atoms. The van der Waals surface area contributed by atoms with Gasteiger partial charge < -0.3 is 10.5 Å². The fraction of sp³-hybridized carbons (Fsp3) is 0.133. The molecule has 0 amide bonds. The summed E-state index contributed by atoms with van der Waals surface area (Å²) >= 11 is 1.47. The van der Waals surface area contributed by atoms with Crippen LogP contribution in [0.15, 0.2) is 36.4 Å². The Morgan fingerprint density at radius 3 is 2.70 bits per heavy atom. The Morgan fingerprint density at radius 1 is 1.30 bits per heavy atom. The molecule has 0 saturated heterocycles. The van der Waals surface area contributed by atoms with Crippen molar-refractivity contribution in [2.75, 3.05) is 16.7 Å². The van der Waals surface area contributed by atoms with Gasteiger partial charge in [-0.15, -0.1) is 0 Å². The first-order valence-electron chi connectivity index (χ1n) is 6.07. The highest BCUT2D eigenvalue weighted by Gasteiger charge is 2.12. The number of nitrogens with one attached hydrogen (secondary N) is 2. The number of nitrogen functional groups attached to an aromatic ring is 1. The van der Waals surface area contributed by atoms with E-state index >= 15 is 0 Å². The third-order valence-corrected chi connectivity index (χ3v) is 3.43. The van der Waals surface area contributed by atoms with Crippen molar-refractivity contribution < 1.29 is 4.39 Å². The number of aryl methyl sites for hydroxylation is 1. The molecule has 0 fully saturated rings. The molecule has 0 aliphatic carbocycles. The summed E-state index contributed by atoms with van der Waals surface area (Å²) in [6, 6.07) is 9.73. The van der Waals surface area contributed by atoms with Crippen molar-refractivity contribution in [2.45, 2.75) is 6.92 Å². The van der Waals surface area contributed by atoms with Crippen LogP contribution in [0.5, 0.6) is 0 Å². The number of rotatable bonds is 4. The van der Waals surface area contributed by atoms with E-state index in [4.69, 9.17) is 11.1 Å². The van der Waals surface area contributed by atoms with Crippen molar-refractivity contribution >= 4 is 29.0 Å². The first kappa shape index (κ1) is 14.4. The van der Waals surface area contributed by atoms with Gasteiger partial charge in [0.05, 0.1) is 5.71 Å². The Balaban J connectivity index is 2.48. The van der Waals surface area contributed by atoms with E-state index in [9.17, 15) is 4.39 Å². The predicted octanol–water partition coefficient (Wildman–Crippen LogP) is 3.82. The van der Waals surface area contributed by atoms with Gasteiger partial charge in [0.1, 0.15) is 5.82 Å². The van der Waals surface area contributed by atoms with E-state index in [0.29, 0.717) is 16.8 Å². The van der Waals surface area contributed by atoms with Crippen molar-refractivity contribution in [1.29, 1.82) is 5.41 Å². The van der Waals surface area contributed by atoms with Gasteiger partial charge in [-0.1, -0.05) is 24.1 Å². The molecule has 0 atom stereocenters. The van der Waals surface area contributed by atoms with E-state index in [0.717, 1.165) is 11.3 Å². The van der Waals surface area contributed by atoms with Crippen LogP contribution in [0.25, 0.3) is 0 Å². The highest BCUT2D eigenvalue weighted by Crippen LogP contribution is 2.26. The first-order chi connectivity index (χ1) is 9.52. The number of hydrogen-bond acceptors (Lipinski definition) is 4. The van der Waals surface area contributed by atoms with Gasteiger partial charge in [-0.25, -0.2) is 4.39 Å². The van der Waals surface area contributed by atoms with Gasteiger partial charge in [0.15, 0.2) is 0 Å². The molecular weight excluding hydrogens is 273 g/mol. The van der Waals surface area contributed by atoms with Crippen LogP contribution in [0, 0.1) is 18.2 Å². The maximum absolute atomic E-state index is 13.3. The highest BCUT2D eigenvalue weighted by molar-refractivity contribution is 7.99. The minimum Gasteiger partial charge on any atom is -0.398 e. The van der Waals surface area contributed by atoms with Gasteiger partial charge in [0, 0.05) is 28.8 Å². The normalized spacial score (nSPS) is 10.3. The molecule has 0 aromatic heterocycles. The molecule has 5 heteroatoms. The van der Waals surface area contributed by atoms with Crippen LogP contribution in [0.4, 0.5) is 15.8 Å². The van der Waals surface area contributed by atoms with Crippen molar-refractivity contribution in [3.63, 3.8) is 0 Å². The van der Waals surface area contributed by atoms with E-state index in [2.05, 4.69) is 4.72 Å². The van der Waals surface area contributed by atoms with Crippen molar-refractivity contribution in [1.82, 2.24) is 0 Å². The van der Waals surface area contributed by atoms with Gasteiger partial charge in [-0.2, -0.15) is 0 Å². The maximum Gasteiger partial charge on any atom is 0.123 e. The van der Waals surface area contributed by atoms with Crippen LogP contribution in [0.1, 0.15) is 16.7 Å². The average Bonchev–Trinajstić information content (AvgIpc) is 2.42. The number of hydrogen-bond donors (Lipinski definition) is 3. The summed E-state index contributed by atoms with van der Waals surface area (Å²) in [5.41, 5.74) is 9.70. The lowest BCUT2D eigenvalue weighted by molar-refractivity contribution is 0.627. The summed E-state index contributed by atoms with van der Waals surface area (Å²) < 4.78 is 16.4. The molecule has 0 aliphatic heterocycles. The second kappa shape index (κ2) is 5.96. The lowest BCUT2D eigenvalue weighted by atomic mass is 9.98. The second-order valence-electron chi connectivity index (χ2n) is 4.45. The molecule has 2 rings (SSSR count). The fourth-order valence-corrected chi connectivity index (χ4v) is 2.34. The standard InChI is InChI=1S/C15H16FN3S/c1-9-6-12(19-20-2)8-13(14(9)17)15(18)10-4-3-5-11(16)7-10/h3-8,18-19H,17H2,1-2H3. The second-order valence-corrected chi connectivity index (χ2v) is 5.06. The van der Waals surface area contributed by atoms with Crippen LogP contribution in [-0.4, -0.2) is 12.0 Å². The molecule has 0 heterocycles. The van der Waals surface area contributed by atoms with Crippen molar-refractivity contribution in [2.24, 2.45) is 0 Å². The van der Waals surface area contributed by atoms with Gasteiger partial charge in [0.2, 0.25) is 0 Å². The monoisotopic (exact) mass is 289 g/mol. The number of benzene rings is 2. The molecule has 104 valence electrons. The minimum atomic E-state index is -0.360. The first-order valence-corrected chi connectivity index (χ1v) is 7.29. The molecule has 4 N–H and O–H groups in total. The topological polar surface area (TPSA) is 61.9 Å².